The molecule has 10 nitrogen and oxygen atoms in total. The molecule has 15 heavy (non-hydrogen) atoms. The lowest BCUT2D eigenvalue weighted by molar-refractivity contribution is -0.127. The molecule has 88 valence electrons. The van der Waals surface area contributed by atoms with Crippen LogP contribution in [0.25, 0.3) is 0 Å². The fourth-order valence-electron chi connectivity index (χ4n) is 0.615. The first kappa shape index (κ1) is 14.2. The summed E-state index contributed by atoms with van der Waals surface area (Å²) < 4.78 is 21.4. The van der Waals surface area contributed by atoms with Crippen LogP contribution in [0.2, 0.25) is 0 Å². The van der Waals surface area contributed by atoms with Crippen LogP contribution in [0.5, 0.6) is 0 Å². The first-order chi connectivity index (χ1) is 6.49. The quantitative estimate of drug-likeness (QED) is 0.238. The van der Waals surface area contributed by atoms with Crippen molar-refractivity contribution in [2.45, 2.75) is 6.42 Å². The molecule has 0 saturated heterocycles. The van der Waals surface area contributed by atoms with Crippen LogP contribution in [0.1, 0.15) is 6.42 Å². The maximum Gasteiger partial charge on any atom is 0.300 e. The van der Waals surface area contributed by atoms with Crippen LogP contribution in [0, 0.1) is 0 Å². The van der Waals surface area contributed by atoms with E-state index >= 15 is 0 Å². The number of nitrogens with one attached hydrogen (secondary N) is 2. The van der Waals surface area contributed by atoms with E-state index in [4.69, 9.17) is 22.0 Å². The van der Waals surface area contributed by atoms with Gasteiger partial charge in [-0.05, 0) is 0 Å². The smallest absolute Gasteiger partial charge is 0.283 e. The minimum Gasteiger partial charge on any atom is -0.283 e. The van der Waals surface area contributed by atoms with E-state index in [0.717, 1.165) is 0 Å². The van der Waals surface area contributed by atoms with Crippen molar-refractivity contribution in [1.82, 2.24) is 10.2 Å². The molecule has 0 unspecified atom stereocenters. The number of nitrogens with two attached hydrogens (primary N) is 4. The topological polar surface area (TPSA) is 196 Å². The molecule has 0 spiro atoms. The number of rotatable bonds is 4. The Bertz CT molecular complexity index is 321. The third kappa shape index (κ3) is 9.54. The predicted molar refractivity (Wildman–Crippen MR) is 52.9 cm³/mol. The highest BCUT2D eigenvalue weighted by Crippen LogP contribution is 2.19. The molecule has 0 bridgehead atoms. The summed E-state index contributed by atoms with van der Waals surface area (Å²) in [6, 6.07) is 0. The van der Waals surface area contributed by atoms with Gasteiger partial charge in [0.25, 0.3) is 15.2 Å². The van der Waals surface area contributed by atoms with Crippen molar-refractivity contribution in [2.24, 2.45) is 22.0 Å². The molecule has 0 rings (SSSR count). The van der Waals surface area contributed by atoms with Crippen molar-refractivity contribution in [3.63, 3.8) is 0 Å². The van der Waals surface area contributed by atoms with Gasteiger partial charge in [0.05, 0.1) is 0 Å². The molecule has 0 aromatic rings. The second kappa shape index (κ2) is 4.84. The summed E-state index contributed by atoms with van der Waals surface area (Å²) in [6.07, 6.45) is -0.781. The molecule has 0 aromatic heterocycles. The summed E-state index contributed by atoms with van der Waals surface area (Å²) in [6.45, 7) is 0. The Morgan fingerprint density at radius 1 is 0.867 bits per heavy atom. The number of carbonyl (C=O) groups excluding carboxylic acids is 2. The van der Waals surface area contributed by atoms with E-state index in [9.17, 15) is 18.7 Å². The molecule has 0 saturated carbocycles. The van der Waals surface area contributed by atoms with Gasteiger partial charge in [-0.1, -0.05) is 0 Å². The summed E-state index contributed by atoms with van der Waals surface area (Å²) >= 11 is 0. The summed E-state index contributed by atoms with van der Waals surface area (Å²) in [7, 11) is -7.48. The van der Waals surface area contributed by atoms with Gasteiger partial charge in [-0.2, -0.15) is 0 Å². The monoisotopic (exact) mass is 258 g/mol. The zero-order valence-electron chi connectivity index (χ0n) is 7.54. The third-order valence-corrected chi connectivity index (χ3v) is 2.12. The van der Waals surface area contributed by atoms with Crippen molar-refractivity contribution in [2.75, 3.05) is 0 Å². The lowest BCUT2D eigenvalue weighted by Crippen LogP contribution is -2.35. The van der Waals surface area contributed by atoms with Gasteiger partial charge in [0, 0.05) is 0 Å². The zero-order valence-corrected chi connectivity index (χ0v) is 9.33. The van der Waals surface area contributed by atoms with Gasteiger partial charge in [-0.15, -0.1) is 0 Å². The van der Waals surface area contributed by atoms with Crippen LogP contribution in [0.3, 0.4) is 0 Å². The van der Waals surface area contributed by atoms with Crippen molar-refractivity contribution in [3.05, 3.63) is 0 Å². The highest BCUT2D eigenvalue weighted by atomic mass is 31.2. The number of hydrogen-bond acceptors (Lipinski definition) is 4. The number of amides is 2. The van der Waals surface area contributed by atoms with E-state index in [0.29, 0.717) is 0 Å². The average molecular weight is 258 g/mol. The summed E-state index contributed by atoms with van der Waals surface area (Å²) in [5.74, 6) is -1.98. The lowest BCUT2D eigenvalue weighted by Gasteiger charge is -2.10. The highest BCUT2D eigenvalue weighted by molar-refractivity contribution is 7.58. The molecule has 0 aliphatic heterocycles. The van der Waals surface area contributed by atoms with Crippen LogP contribution in [0.15, 0.2) is 0 Å². The molecule has 0 aromatic carbocycles. The van der Waals surface area contributed by atoms with E-state index < -0.39 is 33.4 Å². The van der Waals surface area contributed by atoms with Crippen molar-refractivity contribution in [1.29, 1.82) is 0 Å². The second-order valence-electron chi connectivity index (χ2n) is 2.67. The highest BCUT2D eigenvalue weighted by Gasteiger charge is 2.19. The summed E-state index contributed by atoms with van der Waals surface area (Å²) in [5.41, 5.74) is 19.2. The first-order valence-electron chi connectivity index (χ1n) is 3.46. The molecule has 10 N–H and O–H groups in total. The fraction of sp³-hybridized carbons (Fsp3) is 0.333. The molecule has 12 heteroatoms. The Labute approximate surface area is 85.2 Å². The minimum atomic E-state index is -3.74. The van der Waals surface area contributed by atoms with E-state index in [2.05, 4.69) is 0 Å². The van der Waals surface area contributed by atoms with Crippen LogP contribution in [-0.2, 0) is 18.7 Å². The first-order valence-corrected chi connectivity index (χ1v) is 7.15. The zero-order chi connectivity index (χ0) is 12.3. The molecule has 0 aliphatic rings. The maximum absolute atomic E-state index is 10.9. The molecule has 0 heterocycles. The fourth-order valence-corrected chi connectivity index (χ4v) is 1.55. The minimum absolute atomic E-state index is 0.781. The molecule has 2 amide bonds. The predicted octanol–water partition coefficient (Wildman–Crippen LogP) is -2.34. The van der Waals surface area contributed by atoms with E-state index in [1.54, 1.807) is 10.2 Å². The molecule has 0 aliphatic carbocycles. The average Bonchev–Trinajstić information content (AvgIpc) is 1.73. The van der Waals surface area contributed by atoms with Gasteiger partial charge < -0.3 is 0 Å². The largest absolute Gasteiger partial charge is 0.300 e. The van der Waals surface area contributed by atoms with Crippen LogP contribution in [0.4, 0.5) is 0 Å². The van der Waals surface area contributed by atoms with Gasteiger partial charge >= 0.3 is 0 Å². The third-order valence-electron chi connectivity index (χ3n) is 0.920. The second-order valence-corrected chi connectivity index (χ2v) is 5.95. The Kier molecular flexibility index (Phi) is 4.60. The normalized spacial score (nSPS) is 12.0. The van der Waals surface area contributed by atoms with E-state index in [1.165, 1.54) is 0 Å². The van der Waals surface area contributed by atoms with Gasteiger partial charge in [0.1, 0.15) is 6.42 Å². The lowest BCUT2D eigenvalue weighted by atomic mass is 10.4. The Balaban J connectivity index is 4.16. The van der Waals surface area contributed by atoms with Gasteiger partial charge in [-0.25, -0.2) is 0 Å². The molecule has 0 radical (unpaired) electrons. The summed E-state index contributed by atoms with van der Waals surface area (Å²) in [5, 5.41) is 3.35. The van der Waals surface area contributed by atoms with Crippen molar-refractivity contribution >= 4 is 27.0 Å². The summed E-state index contributed by atoms with van der Waals surface area (Å²) in [4.78, 5) is 21.8. The van der Waals surface area contributed by atoms with Crippen molar-refractivity contribution in [3.8, 4) is 0 Å². The number of hydrogen-bond donors (Lipinski definition) is 6. The van der Waals surface area contributed by atoms with E-state index in [1.807, 2.05) is 0 Å². The number of carbonyl (C=O) groups is 2. The standard InChI is InChI=1S/C3H12N6O4P2/c4-14(5,12)8-2(10)1-3(11)9-15(6,7)13/h1H2,(H5,4,5,8,10,12)(H5,6,7,9,11,13). The Morgan fingerprint density at radius 2 is 1.13 bits per heavy atom. The molecule has 0 fully saturated rings. The van der Waals surface area contributed by atoms with Crippen molar-refractivity contribution < 1.29 is 18.7 Å². The van der Waals surface area contributed by atoms with Gasteiger partial charge in [0.2, 0.25) is 11.8 Å². The van der Waals surface area contributed by atoms with Crippen LogP contribution < -0.4 is 32.2 Å². The molecular formula is C3H12N6O4P2. The van der Waals surface area contributed by atoms with Crippen LogP contribution >= 0.6 is 15.2 Å². The maximum atomic E-state index is 10.9. The van der Waals surface area contributed by atoms with Gasteiger partial charge in [-0.3, -0.25) is 50.9 Å². The molecule has 0 atom stereocenters. The molecular weight excluding hydrogens is 246 g/mol. The Morgan fingerprint density at radius 3 is 1.33 bits per heavy atom. The van der Waals surface area contributed by atoms with Crippen LogP contribution in [-0.4, -0.2) is 11.8 Å². The van der Waals surface area contributed by atoms with E-state index in [-0.39, 0.29) is 0 Å². The SMILES string of the molecule is NP(N)(=O)NC(=O)CC(=O)NP(N)(N)=O. The van der Waals surface area contributed by atoms with Gasteiger partial charge in [0.15, 0.2) is 0 Å². The Hall–Kier alpha value is -0.760.